The smallest absolute Gasteiger partial charge is 0.122 e. The largest absolute Gasteiger partial charge is 0.390 e. The fraction of sp³-hybridized carbons (Fsp3) is 0.700. The molecule has 1 N–H and O–H groups in total. The molecule has 1 atom stereocenters. The summed E-state index contributed by atoms with van der Waals surface area (Å²) in [4.78, 5) is 4.31. The van der Waals surface area contributed by atoms with Crippen LogP contribution in [0.2, 0.25) is 0 Å². The predicted octanol–water partition coefficient (Wildman–Crippen LogP) is 2.51. The molecule has 0 radical (unpaired) electrons. The zero-order valence-electron chi connectivity index (χ0n) is 8.69. The molecule has 0 fully saturated rings. The van der Waals surface area contributed by atoms with Gasteiger partial charge in [0, 0.05) is 12.0 Å². The molecule has 14 heavy (non-hydrogen) atoms. The highest BCUT2D eigenvalue weighted by Gasteiger charge is 2.14. The second-order valence-electron chi connectivity index (χ2n) is 3.07. The van der Waals surface area contributed by atoms with Crippen LogP contribution in [-0.2, 0) is 11.3 Å². The van der Waals surface area contributed by atoms with E-state index in [1.54, 1.807) is 11.3 Å². The molecule has 4 heteroatoms. The Kier molecular flexibility index (Phi) is 5.07. The SMILES string of the molecule is CCCC(OCC)c1nc(CO)cs1. The van der Waals surface area contributed by atoms with Gasteiger partial charge in [0.2, 0.25) is 0 Å². The summed E-state index contributed by atoms with van der Waals surface area (Å²) in [7, 11) is 0. The van der Waals surface area contributed by atoms with Crippen molar-refractivity contribution in [2.24, 2.45) is 0 Å². The Morgan fingerprint density at radius 3 is 2.86 bits per heavy atom. The van der Waals surface area contributed by atoms with E-state index in [0.717, 1.165) is 23.5 Å². The average molecular weight is 215 g/mol. The molecular weight excluding hydrogens is 198 g/mol. The van der Waals surface area contributed by atoms with E-state index in [0.29, 0.717) is 6.61 Å². The first-order valence-electron chi connectivity index (χ1n) is 4.98. The van der Waals surface area contributed by atoms with Gasteiger partial charge in [-0.25, -0.2) is 4.98 Å². The fourth-order valence-corrected chi connectivity index (χ4v) is 2.18. The van der Waals surface area contributed by atoms with Gasteiger partial charge in [-0.2, -0.15) is 0 Å². The second-order valence-corrected chi connectivity index (χ2v) is 3.96. The van der Waals surface area contributed by atoms with E-state index in [-0.39, 0.29) is 12.7 Å². The van der Waals surface area contributed by atoms with Gasteiger partial charge in [-0.15, -0.1) is 11.3 Å². The molecule has 80 valence electrons. The van der Waals surface area contributed by atoms with E-state index in [2.05, 4.69) is 11.9 Å². The Labute approximate surface area is 88.8 Å². The molecule has 1 aromatic heterocycles. The third-order valence-electron chi connectivity index (χ3n) is 1.93. The number of hydrogen-bond donors (Lipinski definition) is 1. The lowest BCUT2D eigenvalue weighted by Gasteiger charge is -2.12. The van der Waals surface area contributed by atoms with E-state index in [4.69, 9.17) is 9.84 Å². The van der Waals surface area contributed by atoms with Crippen molar-refractivity contribution in [3.05, 3.63) is 16.1 Å². The Morgan fingerprint density at radius 1 is 1.57 bits per heavy atom. The standard InChI is InChI=1S/C10H17NO2S/c1-3-5-9(13-4-2)10-11-8(6-12)7-14-10/h7,9,12H,3-6H2,1-2H3. The van der Waals surface area contributed by atoms with Gasteiger partial charge < -0.3 is 9.84 Å². The van der Waals surface area contributed by atoms with Crippen LogP contribution in [0.5, 0.6) is 0 Å². The minimum Gasteiger partial charge on any atom is -0.390 e. The molecule has 0 aromatic carbocycles. The normalized spacial score (nSPS) is 13.1. The maximum absolute atomic E-state index is 8.90. The highest BCUT2D eigenvalue weighted by molar-refractivity contribution is 7.09. The molecule has 0 saturated heterocycles. The first kappa shape index (κ1) is 11.6. The third-order valence-corrected chi connectivity index (χ3v) is 2.91. The Bertz CT molecular complexity index is 256. The fourth-order valence-electron chi connectivity index (χ4n) is 1.28. The number of ether oxygens (including phenoxy) is 1. The summed E-state index contributed by atoms with van der Waals surface area (Å²) in [6.07, 6.45) is 2.18. The maximum atomic E-state index is 8.90. The van der Waals surface area contributed by atoms with E-state index >= 15 is 0 Å². The van der Waals surface area contributed by atoms with Crippen LogP contribution < -0.4 is 0 Å². The summed E-state index contributed by atoms with van der Waals surface area (Å²) in [5, 5.41) is 11.8. The number of nitrogens with zero attached hydrogens (tertiary/aromatic N) is 1. The summed E-state index contributed by atoms with van der Waals surface area (Å²) in [5.41, 5.74) is 0.741. The number of thiazole rings is 1. The van der Waals surface area contributed by atoms with E-state index in [9.17, 15) is 0 Å². The third kappa shape index (κ3) is 3.04. The highest BCUT2D eigenvalue weighted by atomic mass is 32.1. The van der Waals surface area contributed by atoms with Crippen molar-refractivity contribution in [3.8, 4) is 0 Å². The van der Waals surface area contributed by atoms with Crippen LogP contribution in [0.15, 0.2) is 5.38 Å². The molecule has 0 bridgehead atoms. The molecule has 0 aliphatic carbocycles. The number of rotatable bonds is 6. The molecule has 3 nitrogen and oxygen atoms in total. The molecule has 1 rings (SSSR count). The van der Waals surface area contributed by atoms with Crippen LogP contribution in [0.25, 0.3) is 0 Å². The molecule has 1 aromatic rings. The van der Waals surface area contributed by atoms with Crippen molar-refractivity contribution in [2.75, 3.05) is 6.61 Å². The van der Waals surface area contributed by atoms with Crippen molar-refractivity contribution in [2.45, 2.75) is 39.4 Å². The van der Waals surface area contributed by atoms with Crippen molar-refractivity contribution >= 4 is 11.3 Å². The molecule has 0 saturated carbocycles. The predicted molar refractivity (Wildman–Crippen MR) is 57.3 cm³/mol. The van der Waals surface area contributed by atoms with Gasteiger partial charge in [0.15, 0.2) is 0 Å². The summed E-state index contributed by atoms with van der Waals surface area (Å²) in [6.45, 7) is 4.84. The first-order valence-corrected chi connectivity index (χ1v) is 5.86. The van der Waals surface area contributed by atoms with E-state index in [1.807, 2.05) is 12.3 Å². The van der Waals surface area contributed by atoms with Crippen LogP contribution in [0.4, 0.5) is 0 Å². The van der Waals surface area contributed by atoms with Gasteiger partial charge in [-0.1, -0.05) is 13.3 Å². The first-order chi connectivity index (χ1) is 6.81. The molecule has 1 heterocycles. The maximum Gasteiger partial charge on any atom is 0.122 e. The number of aromatic nitrogens is 1. The lowest BCUT2D eigenvalue weighted by atomic mass is 10.2. The zero-order chi connectivity index (χ0) is 10.4. The van der Waals surface area contributed by atoms with Crippen molar-refractivity contribution in [3.63, 3.8) is 0 Å². The Balaban J connectivity index is 2.65. The van der Waals surface area contributed by atoms with Crippen molar-refractivity contribution in [1.82, 2.24) is 4.98 Å². The minimum absolute atomic E-state index is 0.0153. The zero-order valence-corrected chi connectivity index (χ0v) is 9.51. The molecular formula is C10H17NO2S. The lowest BCUT2D eigenvalue weighted by Crippen LogP contribution is -2.03. The summed E-state index contributed by atoms with van der Waals surface area (Å²) < 4.78 is 5.59. The van der Waals surface area contributed by atoms with Gasteiger partial charge in [0.05, 0.1) is 12.3 Å². The summed E-state index contributed by atoms with van der Waals surface area (Å²) >= 11 is 1.57. The van der Waals surface area contributed by atoms with Gasteiger partial charge >= 0.3 is 0 Å². The van der Waals surface area contributed by atoms with E-state index in [1.165, 1.54) is 0 Å². The molecule has 0 aliphatic heterocycles. The molecule has 0 spiro atoms. The summed E-state index contributed by atoms with van der Waals surface area (Å²) in [5.74, 6) is 0. The van der Waals surface area contributed by atoms with Crippen LogP contribution >= 0.6 is 11.3 Å². The van der Waals surface area contributed by atoms with Gasteiger partial charge in [-0.3, -0.25) is 0 Å². The quantitative estimate of drug-likeness (QED) is 0.793. The molecule has 1 unspecified atom stereocenters. The van der Waals surface area contributed by atoms with Crippen LogP contribution in [0.3, 0.4) is 0 Å². The van der Waals surface area contributed by atoms with Crippen molar-refractivity contribution < 1.29 is 9.84 Å². The lowest BCUT2D eigenvalue weighted by molar-refractivity contribution is 0.0553. The minimum atomic E-state index is 0.0153. The topological polar surface area (TPSA) is 42.4 Å². The number of aliphatic hydroxyl groups is 1. The second kappa shape index (κ2) is 6.11. The number of hydrogen-bond acceptors (Lipinski definition) is 4. The van der Waals surface area contributed by atoms with E-state index < -0.39 is 0 Å². The van der Waals surface area contributed by atoms with Crippen molar-refractivity contribution in [1.29, 1.82) is 0 Å². The van der Waals surface area contributed by atoms with Crippen LogP contribution in [0.1, 0.15) is 43.5 Å². The van der Waals surface area contributed by atoms with Crippen LogP contribution in [0, 0.1) is 0 Å². The summed E-state index contributed by atoms with van der Waals surface area (Å²) in [6, 6.07) is 0. The van der Waals surface area contributed by atoms with Gasteiger partial charge in [0.1, 0.15) is 11.1 Å². The Morgan fingerprint density at radius 2 is 2.36 bits per heavy atom. The van der Waals surface area contributed by atoms with Gasteiger partial charge in [0.25, 0.3) is 0 Å². The molecule has 0 amide bonds. The number of aliphatic hydroxyl groups excluding tert-OH is 1. The highest BCUT2D eigenvalue weighted by Crippen LogP contribution is 2.25. The Hall–Kier alpha value is -0.450. The average Bonchev–Trinajstić information content (AvgIpc) is 2.65. The van der Waals surface area contributed by atoms with Gasteiger partial charge in [-0.05, 0) is 13.3 Å². The molecule has 0 aliphatic rings. The van der Waals surface area contributed by atoms with Crippen LogP contribution in [-0.4, -0.2) is 16.7 Å². The monoisotopic (exact) mass is 215 g/mol.